The Morgan fingerprint density at radius 3 is 2.50 bits per heavy atom. The topological polar surface area (TPSA) is 86.5 Å². The molecular formula is C30H34BrFN6O2. The van der Waals surface area contributed by atoms with E-state index in [1.165, 1.54) is 6.20 Å². The molecule has 1 saturated heterocycles. The first-order valence-electron chi connectivity index (χ1n) is 13.3. The molecule has 0 radical (unpaired) electrons. The number of piperidine rings is 1. The zero-order chi connectivity index (χ0) is 28.8. The van der Waals surface area contributed by atoms with E-state index in [0.717, 1.165) is 28.4 Å². The van der Waals surface area contributed by atoms with E-state index in [0.29, 0.717) is 29.3 Å². The summed E-state index contributed by atoms with van der Waals surface area (Å²) in [5, 5.41) is 12.6. The lowest BCUT2D eigenvalue weighted by Crippen LogP contribution is -2.62. The first kappa shape index (κ1) is 28.1. The van der Waals surface area contributed by atoms with Gasteiger partial charge < -0.3 is 19.7 Å². The van der Waals surface area contributed by atoms with Crippen LogP contribution < -0.4 is 19.7 Å². The van der Waals surface area contributed by atoms with E-state index in [9.17, 15) is 5.26 Å². The van der Waals surface area contributed by atoms with Gasteiger partial charge in [-0.1, -0.05) is 22.0 Å². The summed E-state index contributed by atoms with van der Waals surface area (Å²) in [6.45, 7) is 11.4. The van der Waals surface area contributed by atoms with E-state index < -0.39 is 5.82 Å². The maximum atomic E-state index is 15.7. The number of nitriles is 1. The summed E-state index contributed by atoms with van der Waals surface area (Å²) in [4.78, 5) is 13.4. The number of aryl methyl sites for hydroxylation is 1. The number of aromatic nitrogens is 2. The molecule has 1 aromatic heterocycles. The molecule has 2 aliphatic rings. The maximum Gasteiger partial charge on any atom is 0.231 e. The lowest BCUT2D eigenvalue weighted by molar-refractivity contribution is -0.0132. The van der Waals surface area contributed by atoms with Gasteiger partial charge in [0.05, 0.1) is 17.8 Å². The third-order valence-corrected chi connectivity index (χ3v) is 8.96. The summed E-state index contributed by atoms with van der Waals surface area (Å²) in [5.74, 6) is 1.32. The molecule has 10 heteroatoms. The van der Waals surface area contributed by atoms with Crippen LogP contribution in [0.15, 0.2) is 41.0 Å². The highest BCUT2D eigenvalue weighted by Gasteiger charge is 2.45. The molecule has 1 fully saturated rings. The van der Waals surface area contributed by atoms with Crippen LogP contribution in [0.2, 0.25) is 0 Å². The smallest absolute Gasteiger partial charge is 0.231 e. The third-order valence-electron chi connectivity index (χ3n) is 8.22. The first-order valence-corrected chi connectivity index (χ1v) is 14.1. The number of hydrogen-bond acceptors (Lipinski definition) is 8. The number of hydrogen-bond donors (Lipinski definition) is 1. The Bertz CT molecular complexity index is 1470. The predicted octanol–water partition coefficient (Wildman–Crippen LogP) is 6.69. The summed E-state index contributed by atoms with van der Waals surface area (Å²) < 4.78 is 27.7. The van der Waals surface area contributed by atoms with E-state index in [1.807, 2.05) is 31.2 Å². The van der Waals surface area contributed by atoms with Gasteiger partial charge in [-0.15, -0.1) is 0 Å². The number of likely N-dealkylation sites (tertiary alicyclic amines) is 1. The molecule has 0 atom stereocenters. The number of ether oxygens (including phenoxy) is 2. The number of anilines is 3. The highest BCUT2D eigenvalue weighted by molar-refractivity contribution is 9.10. The van der Waals surface area contributed by atoms with Gasteiger partial charge in [0.25, 0.3) is 0 Å². The fourth-order valence-corrected chi connectivity index (χ4v) is 6.20. The van der Waals surface area contributed by atoms with Crippen LogP contribution in [-0.4, -0.2) is 45.8 Å². The number of rotatable bonds is 6. The molecule has 0 amide bonds. The monoisotopic (exact) mass is 608 g/mol. The lowest BCUT2D eigenvalue weighted by atomic mass is 9.77. The average Bonchev–Trinajstić information content (AvgIpc) is 3.34. The zero-order valence-corrected chi connectivity index (χ0v) is 25.3. The van der Waals surface area contributed by atoms with Crippen LogP contribution in [0.4, 0.5) is 21.8 Å². The van der Waals surface area contributed by atoms with Gasteiger partial charge >= 0.3 is 0 Å². The van der Waals surface area contributed by atoms with Crippen LogP contribution in [0.25, 0.3) is 0 Å². The fraction of sp³-hybridized carbons (Fsp3) is 0.433. The van der Waals surface area contributed by atoms with Gasteiger partial charge in [0.1, 0.15) is 0 Å². The number of nitrogens with one attached hydrogen (secondary N) is 1. The van der Waals surface area contributed by atoms with E-state index in [1.54, 1.807) is 6.07 Å². The summed E-state index contributed by atoms with van der Waals surface area (Å²) in [6.07, 6.45) is 2.83. The lowest BCUT2D eigenvalue weighted by Gasteiger charge is -2.55. The van der Waals surface area contributed by atoms with Crippen molar-refractivity contribution in [2.75, 3.05) is 24.1 Å². The normalized spacial score (nSPS) is 17.9. The van der Waals surface area contributed by atoms with Crippen LogP contribution >= 0.6 is 15.9 Å². The molecule has 1 N–H and O–H groups in total. The molecular weight excluding hydrogens is 575 g/mol. The van der Waals surface area contributed by atoms with E-state index in [4.69, 9.17) is 14.5 Å². The molecule has 8 nitrogen and oxygen atoms in total. The van der Waals surface area contributed by atoms with Crippen molar-refractivity contribution in [1.29, 1.82) is 5.26 Å². The van der Waals surface area contributed by atoms with Gasteiger partial charge in [-0.25, -0.2) is 9.37 Å². The van der Waals surface area contributed by atoms with Crippen molar-refractivity contribution in [2.45, 2.75) is 71.1 Å². The molecule has 0 unspecified atom stereocenters. The van der Waals surface area contributed by atoms with E-state index >= 15 is 4.39 Å². The van der Waals surface area contributed by atoms with Crippen molar-refractivity contribution < 1.29 is 13.9 Å². The molecule has 2 aliphatic heterocycles. The van der Waals surface area contributed by atoms with Gasteiger partial charge in [-0.3, -0.25) is 4.90 Å². The molecule has 2 aromatic carbocycles. The van der Waals surface area contributed by atoms with Crippen molar-refractivity contribution in [2.24, 2.45) is 0 Å². The maximum absolute atomic E-state index is 15.7. The Labute approximate surface area is 243 Å². The van der Waals surface area contributed by atoms with Crippen LogP contribution in [0.3, 0.4) is 0 Å². The SMILES string of the molecule is Cc1ccc(Nc2ncc(F)c(N(Cc3cc4c(cc3Br)OCO4)C3CC(C)(C)N(C)C(C)(C)C3)n2)cc1C#N. The number of benzene rings is 2. The number of fused-ring (bicyclic) bond motifs is 1. The molecule has 0 spiro atoms. The standard InChI is InChI=1S/C30H34BrFN6O2/c1-18-7-8-21(9-19(18)14-33)35-28-34-15-24(32)27(36-28)38(22-12-29(2,3)37(6)30(4,5)13-22)16-20-10-25-26(11-23(20)31)40-17-39-25/h7-11,15,22H,12-13,16-17H2,1-6H3,(H,34,35,36). The van der Waals surface area contributed by atoms with Crippen molar-refractivity contribution >= 4 is 33.4 Å². The molecule has 3 aromatic rings. The Hall–Kier alpha value is -3.42. The molecule has 0 saturated carbocycles. The van der Waals surface area contributed by atoms with Crippen LogP contribution in [0.1, 0.15) is 57.2 Å². The molecule has 3 heterocycles. The van der Waals surface area contributed by atoms with Gasteiger partial charge in [0.2, 0.25) is 12.7 Å². The highest BCUT2D eigenvalue weighted by atomic mass is 79.9. The largest absolute Gasteiger partial charge is 0.454 e. The molecule has 5 rings (SSSR count). The Morgan fingerprint density at radius 2 is 1.82 bits per heavy atom. The third kappa shape index (κ3) is 5.45. The van der Waals surface area contributed by atoms with Crippen molar-refractivity contribution in [3.8, 4) is 17.6 Å². The van der Waals surface area contributed by atoms with Gasteiger partial charge in [0.15, 0.2) is 23.1 Å². The van der Waals surface area contributed by atoms with Crippen LogP contribution in [0, 0.1) is 24.1 Å². The second-order valence-corrected chi connectivity index (χ2v) is 12.7. The number of halogens is 2. The summed E-state index contributed by atoms with van der Waals surface area (Å²) in [5.41, 5.74) is 2.77. The first-order chi connectivity index (χ1) is 18.9. The average molecular weight is 610 g/mol. The fourth-order valence-electron chi connectivity index (χ4n) is 5.75. The van der Waals surface area contributed by atoms with E-state index in [-0.39, 0.29) is 35.7 Å². The van der Waals surface area contributed by atoms with Gasteiger partial charge in [-0.2, -0.15) is 10.2 Å². The Balaban J connectivity index is 1.56. The van der Waals surface area contributed by atoms with Gasteiger partial charge in [-0.05, 0) is 89.9 Å². The molecule has 0 bridgehead atoms. The molecule has 0 aliphatic carbocycles. The van der Waals surface area contributed by atoms with Gasteiger partial charge in [0, 0.05) is 33.8 Å². The Kier molecular flexibility index (Phi) is 7.40. The zero-order valence-electron chi connectivity index (χ0n) is 23.7. The van der Waals surface area contributed by atoms with Crippen LogP contribution in [0.5, 0.6) is 11.5 Å². The predicted molar refractivity (Wildman–Crippen MR) is 157 cm³/mol. The van der Waals surface area contributed by atoms with Crippen LogP contribution in [-0.2, 0) is 6.54 Å². The number of nitrogens with zero attached hydrogens (tertiary/aromatic N) is 5. The molecule has 40 heavy (non-hydrogen) atoms. The second-order valence-electron chi connectivity index (χ2n) is 11.8. The van der Waals surface area contributed by atoms with Crippen molar-refractivity contribution in [3.05, 3.63) is 63.5 Å². The van der Waals surface area contributed by atoms with Crippen molar-refractivity contribution in [3.63, 3.8) is 0 Å². The summed E-state index contributed by atoms with van der Waals surface area (Å²) >= 11 is 3.69. The highest BCUT2D eigenvalue weighted by Crippen LogP contribution is 2.43. The van der Waals surface area contributed by atoms with Crippen molar-refractivity contribution in [1.82, 2.24) is 14.9 Å². The minimum Gasteiger partial charge on any atom is -0.454 e. The Morgan fingerprint density at radius 1 is 1.15 bits per heavy atom. The van der Waals surface area contributed by atoms with E-state index in [2.05, 4.69) is 76.8 Å². The minimum absolute atomic E-state index is 0.0136. The second kappa shape index (κ2) is 10.5. The summed E-state index contributed by atoms with van der Waals surface area (Å²) in [7, 11) is 2.15. The molecule has 210 valence electrons. The quantitative estimate of drug-likeness (QED) is 0.331. The summed E-state index contributed by atoms with van der Waals surface area (Å²) in [6, 6.07) is 11.5. The minimum atomic E-state index is -0.501.